The second-order valence-electron chi connectivity index (χ2n) is 4.96. The van der Waals surface area contributed by atoms with Crippen LogP contribution < -0.4 is 5.73 Å². The summed E-state index contributed by atoms with van der Waals surface area (Å²) in [6.07, 6.45) is 2.84. The molecule has 0 bridgehead atoms. The van der Waals surface area contributed by atoms with Gasteiger partial charge in [-0.05, 0) is 43.2 Å². The number of fused-ring (bicyclic) bond motifs is 1. The molecule has 2 N–H and O–H groups in total. The lowest BCUT2D eigenvalue weighted by molar-refractivity contribution is 0.753. The highest BCUT2D eigenvalue weighted by atomic mass is 15.1. The summed E-state index contributed by atoms with van der Waals surface area (Å²) in [5.74, 6) is 0.985. The van der Waals surface area contributed by atoms with Crippen LogP contribution in [0.4, 0.5) is 5.69 Å². The molecule has 0 aliphatic rings. The van der Waals surface area contributed by atoms with E-state index in [-0.39, 0.29) is 0 Å². The summed E-state index contributed by atoms with van der Waals surface area (Å²) in [5, 5.41) is 0. The van der Waals surface area contributed by atoms with Gasteiger partial charge >= 0.3 is 0 Å². The van der Waals surface area contributed by atoms with Gasteiger partial charge in [0.15, 0.2) is 0 Å². The molecule has 0 spiro atoms. The minimum atomic E-state index is 0.745. The molecular formula is C16H18N4. The van der Waals surface area contributed by atoms with E-state index in [0.717, 1.165) is 41.2 Å². The lowest BCUT2D eigenvalue weighted by atomic mass is 10.1. The van der Waals surface area contributed by atoms with E-state index in [4.69, 9.17) is 5.73 Å². The normalized spacial score (nSPS) is 11.1. The van der Waals surface area contributed by atoms with E-state index in [1.807, 2.05) is 37.4 Å². The Labute approximate surface area is 118 Å². The van der Waals surface area contributed by atoms with Crippen LogP contribution in [0.5, 0.6) is 0 Å². The minimum absolute atomic E-state index is 0.745. The first kappa shape index (κ1) is 12.7. The zero-order valence-corrected chi connectivity index (χ0v) is 11.8. The van der Waals surface area contributed by atoms with Crippen LogP contribution in [-0.2, 0) is 13.0 Å². The third-order valence-electron chi connectivity index (χ3n) is 3.64. The van der Waals surface area contributed by atoms with Crippen LogP contribution >= 0.6 is 0 Å². The smallest absolute Gasteiger partial charge is 0.107 e. The zero-order chi connectivity index (χ0) is 14.1. The van der Waals surface area contributed by atoms with Gasteiger partial charge in [0.2, 0.25) is 0 Å². The zero-order valence-electron chi connectivity index (χ0n) is 11.8. The number of aryl methyl sites for hydroxylation is 2. The summed E-state index contributed by atoms with van der Waals surface area (Å²) < 4.78 is 2.19. The van der Waals surface area contributed by atoms with Crippen molar-refractivity contribution in [1.29, 1.82) is 0 Å². The van der Waals surface area contributed by atoms with E-state index in [9.17, 15) is 0 Å². The van der Waals surface area contributed by atoms with E-state index >= 15 is 0 Å². The summed E-state index contributed by atoms with van der Waals surface area (Å²) >= 11 is 0. The fourth-order valence-corrected chi connectivity index (χ4v) is 2.55. The molecule has 0 fully saturated rings. The number of hydrogen-bond donors (Lipinski definition) is 1. The quantitative estimate of drug-likeness (QED) is 0.741. The van der Waals surface area contributed by atoms with Gasteiger partial charge in [0.1, 0.15) is 5.82 Å². The molecule has 0 radical (unpaired) electrons. The first-order chi connectivity index (χ1) is 9.69. The molecule has 0 unspecified atom stereocenters. The van der Waals surface area contributed by atoms with Gasteiger partial charge < -0.3 is 10.3 Å². The molecule has 3 aromatic rings. The minimum Gasteiger partial charge on any atom is -0.399 e. The van der Waals surface area contributed by atoms with Crippen molar-refractivity contribution in [2.75, 3.05) is 5.73 Å². The Kier molecular flexibility index (Phi) is 3.14. The third kappa shape index (κ3) is 2.13. The second kappa shape index (κ2) is 4.96. The second-order valence-corrected chi connectivity index (χ2v) is 4.96. The number of imidazole rings is 1. The Morgan fingerprint density at radius 1 is 1.25 bits per heavy atom. The Hall–Kier alpha value is -2.36. The average Bonchev–Trinajstić information content (AvgIpc) is 2.75. The number of pyridine rings is 1. The van der Waals surface area contributed by atoms with Gasteiger partial charge in [-0.1, -0.05) is 13.0 Å². The molecule has 4 nitrogen and oxygen atoms in total. The van der Waals surface area contributed by atoms with Crippen molar-refractivity contribution in [3.05, 3.63) is 53.6 Å². The number of hydrogen-bond acceptors (Lipinski definition) is 3. The van der Waals surface area contributed by atoms with E-state index in [1.54, 1.807) is 0 Å². The van der Waals surface area contributed by atoms with Crippen LogP contribution in [0.2, 0.25) is 0 Å². The lowest BCUT2D eigenvalue weighted by Gasteiger charge is -2.10. The third-order valence-corrected chi connectivity index (χ3v) is 3.64. The summed E-state index contributed by atoms with van der Waals surface area (Å²) in [7, 11) is 0. The van der Waals surface area contributed by atoms with Gasteiger partial charge in [0, 0.05) is 11.9 Å². The Morgan fingerprint density at radius 2 is 2.10 bits per heavy atom. The summed E-state index contributed by atoms with van der Waals surface area (Å²) in [6.45, 7) is 4.92. The molecule has 2 heterocycles. The number of nitrogen functional groups attached to an aromatic ring is 1. The highest BCUT2D eigenvalue weighted by molar-refractivity contribution is 5.79. The maximum absolute atomic E-state index is 5.82. The topological polar surface area (TPSA) is 56.7 Å². The van der Waals surface area contributed by atoms with Gasteiger partial charge in [0.05, 0.1) is 23.3 Å². The molecule has 0 atom stereocenters. The number of aromatic nitrogens is 3. The average molecular weight is 266 g/mol. The van der Waals surface area contributed by atoms with Crippen LogP contribution in [-0.4, -0.2) is 14.5 Å². The van der Waals surface area contributed by atoms with Gasteiger partial charge in [-0.3, -0.25) is 4.98 Å². The molecule has 1 aromatic carbocycles. The Morgan fingerprint density at radius 3 is 2.90 bits per heavy atom. The van der Waals surface area contributed by atoms with Crippen molar-refractivity contribution in [3.63, 3.8) is 0 Å². The molecule has 0 amide bonds. The SMILES string of the molecule is CCc1cccnc1Cn1c(C)nc2cc(N)ccc21. The maximum atomic E-state index is 5.82. The molecule has 0 saturated heterocycles. The van der Waals surface area contributed by atoms with Crippen molar-refractivity contribution in [3.8, 4) is 0 Å². The molecule has 3 rings (SSSR count). The molecule has 0 aliphatic heterocycles. The van der Waals surface area contributed by atoms with Crippen LogP contribution in [0.1, 0.15) is 24.0 Å². The number of anilines is 1. The van der Waals surface area contributed by atoms with E-state index < -0.39 is 0 Å². The fourth-order valence-electron chi connectivity index (χ4n) is 2.55. The van der Waals surface area contributed by atoms with Crippen LogP contribution in [0, 0.1) is 6.92 Å². The van der Waals surface area contributed by atoms with E-state index in [2.05, 4.69) is 27.5 Å². The molecule has 0 aliphatic carbocycles. The predicted molar refractivity (Wildman–Crippen MR) is 81.6 cm³/mol. The fraction of sp³-hybridized carbons (Fsp3) is 0.250. The molecular weight excluding hydrogens is 248 g/mol. The molecule has 2 aromatic heterocycles. The maximum Gasteiger partial charge on any atom is 0.107 e. The van der Waals surface area contributed by atoms with Gasteiger partial charge in [-0.2, -0.15) is 0 Å². The van der Waals surface area contributed by atoms with Gasteiger partial charge in [0.25, 0.3) is 0 Å². The number of rotatable bonds is 3. The first-order valence-corrected chi connectivity index (χ1v) is 6.84. The molecule has 20 heavy (non-hydrogen) atoms. The largest absolute Gasteiger partial charge is 0.399 e. The van der Waals surface area contributed by atoms with Crippen molar-refractivity contribution >= 4 is 16.7 Å². The van der Waals surface area contributed by atoms with E-state index in [0.29, 0.717) is 0 Å². The first-order valence-electron chi connectivity index (χ1n) is 6.84. The van der Waals surface area contributed by atoms with Crippen molar-refractivity contribution in [2.45, 2.75) is 26.8 Å². The molecule has 4 heteroatoms. The number of benzene rings is 1. The lowest BCUT2D eigenvalue weighted by Crippen LogP contribution is -2.06. The van der Waals surface area contributed by atoms with Crippen LogP contribution in [0.25, 0.3) is 11.0 Å². The van der Waals surface area contributed by atoms with Gasteiger partial charge in [-0.25, -0.2) is 4.98 Å². The standard InChI is InChI=1S/C16H18N4/c1-3-12-5-4-8-18-15(12)10-20-11(2)19-14-9-13(17)6-7-16(14)20/h4-9H,3,10,17H2,1-2H3. The number of nitrogens with zero attached hydrogens (tertiary/aromatic N) is 3. The molecule has 0 saturated carbocycles. The summed E-state index contributed by atoms with van der Waals surface area (Å²) in [6, 6.07) is 9.98. The van der Waals surface area contributed by atoms with Crippen molar-refractivity contribution in [2.24, 2.45) is 0 Å². The predicted octanol–water partition coefficient (Wildman–Crippen LogP) is 2.93. The highest BCUT2D eigenvalue weighted by Gasteiger charge is 2.10. The van der Waals surface area contributed by atoms with Crippen LogP contribution in [0.3, 0.4) is 0 Å². The Balaban J connectivity index is 2.08. The molecule has 102 valence electrons. The monoisotopic (exact) mass is 266 g/mol. The van der Waals surface area contributed by atoms with Crippen molar-refractivity contribution in [1.82, 2.24) is 14.5 Å². The Bertz CT molecular complexity index is 758. The van der Waals surface area contributed by atoms with Gasteiger partial charge in [-0.15, -0.1) is 0 Å². The summed E-state index contributed by atoms with van der Waals surface area (Å²) in [4.78, 5) is 9.10. The van der Waals surface area contributed by atoms with E-state index in [1.165, 1.54) is 5.56 Å². The summed E-state index contributed by atoms with van der Waals surface area (Å²) in [5.41, 5.74) is 11.0. The van der Waals surface area contributed by atoms with Crippen molar-refractivity contribution < 1.29 is 0 Å². The van der Waals surface area contributed by atoms with Crippen LogP contribution in [0.15, 0.2) is 36.5 Å². The number of nitrogens with two attached hydrogens (primary N) is 1. The highest BCUT2D eigenvalue weighted by Crippen LogP contribution is 2.20.